The number of aryl methyl sites for hydroxylation is 1. The monoisotopic (exact) mass is 328 g/mol. The Morgan fingerprint density at radius 2 is 1.88 bits per heavy atom. The third-order valence-electron chi connectivity index (χ3n) is 4.36. The highest BCUT2D eigenvalue weighted by Gasteiger charge is 2.18. The fraction of sp³-hybridized carbons (Fsp3) is 0.471. The van der Waals surface area contributed by atoms with Crippen molar-refractivity contribution in [2.24, 2.45) is 7.05 Å². The molecule has 2 aromatic rings. The number of aromatic nitrogens is 3. The standard InChI is InChI=1S/C17H24N6O/c1-20(2)16-5-4-14(11-18-16)13-22-6-8-23(9-7-22)15-10-17(24)21(3)19-12-15/h4-5,10-12H,6-9,13H2,1-3H3. The highest BCUT2D eigenvalue weighted by Crippen LogP contribution is 2.15. The molecule has 0 unspecified atom stereocenters. The number of piperazine rings is 1. The summed E-state index contributed by atoms with van der Waals surface area (Å²) in [5.74, 6) is 0.974. The Balaban J connectivity index is 1.56. The van der Waals surface area contributed by atoms with Gasteiger partial charge >= 0.3 is 0 Å². The van der Waals surface area contributed by atoms with Crippen molar-refractivity contribution in [2.45, 2.75) is 6.54 Å². The van der Waals surface area contributed by atoms with Crippen LogP contribution in [0.15, 0.2) is 35.4 Å². The minimum Gasteiger partial charge on any atom is -0.368 e. The molecule has 3 heterocycles. The molecule has 0 bridgehead atoms. The Morgan fingerprint density at radius 1 is 1.12 bits per heavy atom. The lowest BCUT2D eigenvalue weighted by Crippen LogP contribution is -2.46. The molecule has 7 nitrogen and oxygen atoms in total. The molecule has 1 aliphatic rings. The summed E-state index contributed by atoms with van der Waals surface area (Å²) in [6, 6.07) is 5.85. The van der Waals surface area contributed by atoms with Gasteiger partial charge in [-0.15, -0.1) is 0 Å². The van der Waals surface area contributed by atoms with E-state index in [2.05, 4.69) is 32.0 Å². The fourth-order valence-corrected chi connectivity index (χ4v) is 2.83. The number of hydrogen-bond acceptors (Lipinski definition) is 6. The molecule has 0 radical (unpaired) electrons. The summed E-state index contributed by atoms with van der Waals surface area (Å²) in [5, 5.41) is 4.10. The number of hydrogen-bond donors (Lipinski definition) is 0. The molecule has 0 spiro atoms. The van der Waals surface area contributed by atoms with Crippen molar-refractivity contribution < 1.29 is 0 Å². The fourth-order valence-electron chi connectivity index (χ4n) is 2.83. The smallest absolute Gasteiger partial charge is 0.268 e. The maximum atomic E-state index is 11.7. The second kappa shape index (κ2) is 7.00. The van der Waals surface area contributed by atoms with Gasteiger partial charge in [0, 0.05) is 66.1 Å². The molecule has 0 aromatic carbocycles. The SMILES string of the molecule is CN(C)c1ccc(CN2CCN(c3cnn(C)c(=O)c3)CC2)cn1. The van der Waals surface area contributed by atoms with Crippen LogP contribution in [0.1, 0.15) is 5.56 Å². The summed E-state index contributed by atoms with van der Waals surface area (Å²) < 4.78 is 1.35. The minimum atomic E-state index is -0.0676. The van der Waals surface area contributed by atoms with E-state index in [-0.39, 0.29) is 5.56 Å². The first kappa shape index (κ1) is 16.4. The van der Waals surface area contributed by atoms with Gasteiger partial charge in [0.1, 0.15) is 5.82 Å². The zero-order valence-corrected chi connectivity index (χ0v) is 14.5. The van der Waals surface area contributed by atoms with Crippen LogP contribution in [-0.2, 0) is 13.6 Å². The summed E-state index contributed by atoms with van der Waals surface area (Å²) in [7, 11) is 5.65. The number of rotatable bonds is 4. The van der Waals surface area contributed by atoms with Crippen LogP contribution in [-0.4, -0.2) is 59.9 Å². The van der Waals surface area contributed by atoms with Gasteiger partial charge in [0.05, 0.1) is 11.9 Å². The molecular formula is C17H24N6O. The van der Waals surface area contributed by atoms with Gasteiger partial charge in [-0.3, -0.25) is 9.69 Å². The molecule has 2 aromatic heterocycles. The Hall–Kier alpha value is -2.41. The van der Waals surface area contributed by atoms with Gasteiger partial charge in [-0.2, -0.15) is 5.10 Å². The highest BCUT2D eigenvalue weighted by molar-refractivity contribution is 5.43. The van der Waals surface area contributed by atoms with E-state index < -0.39 is 0 Å². The molecule has 128 valence electrons. The van der Waals surface area contributed by atoms with Gasteiger partial charge in [0.15, 0.2) is 0 Å². The third-order valence-corrected chi connectivity index (χ3v) is 4.36. The summed E-state index contributed by atoms with van der Waals surface area (Å²) in [6.07, 6.45) is 3.72. The summed E-state index contributed by atoms with van der Waals surface area (Å²) in [5.41, 5.74) is 2.07. The second-order valence-electron chi connectivity index (χ2n) is 6.36. The maximum Gasteiger partial charge on any atom is 0.268 e. The third kappa shape index (κ3) is 3.73. The molecular weight excluding hydrogens is 304 g/mol. The van der Waals surface area contributed by atoms with Gasteiger partial charge in [-0.05, 0) is 11.6 Å². The largest absolute Gasteiger partial charge is 0.368 e. The van der Waals surface area contributed by atoms with E-state index in [9.17, 15) is 4.79 Å². The van der Waals surface area contributed by atoms with Crippen LogP contribution in [0.2, 0.25) is 0 Å². The lowest BCUT2D eigenvalue weighted by molar-refractivity contribution is 0.249. The van der Waals surface area contributed by atoms with E-state index in [0.717, 1.165) is 44.2 Å². The van der Waals surface area contributed by atoms with E-state index in [1.165, 1.54) is 10.2 Å². The van der Waals surface area contributed by atoms with Crippen molar-refractivity contribution in [3.8, 4) is 0 Å². The van der Waals surface area contributed by atoms with E-state index in [1.807, 2.05) is 25.2 Å². The predicted molar refractivity (Wildman–Crippen MR) is 95.5 cm³/mol. The molecule has 24 heavy (non-hydrogen) atoms. The minimum absolute atomic E-state index is 0.0676. The van der Waals surface area contributed by atoms with Crippen molar-refractivity contribution in [1.82, 2.24) is 19.7 Å². The van der Waals surface area contributed by atoms with E-state index in [1.54, 1.807) is 19.3 Å². The summed E-state index contributed by atoms with van der Waals surface area (Å²) >= 11 is 0. The van der Waals surface area contributed by atoms with Crippen LogP contribution >= 0.6 is 0 Å². The van der Waals surface area contributed by atoms with Crippen LogP contribution in [0.3, 0.4) is 0 Å². The molecule has 0 N–H and O–H groups in total. The van der Waals surface area contributed by atoms with E-state index in [0.29, 0.717) is 0 Å². The number of pyridine rings is 1. The normalized spacial score (nSPS) is 15.5. The van der Waals surface area contributed by atoms with Crippen LogP contribution in [0.4, 0.5) is 11.5 Å². The zero-order chi connectivity index (χ0) is 17.1. The Morgan fingerprint density at radius 3 is 2.46 bits per heavy atom. The Bertz CT molecular complexity index is 731. The highest BCUT2D eigenvalue weighted by atomic mass is 16.1. The molecule has 0 saturated carbocycles. The Kier molecular flexibility index (Phi) is 4.80. The van der Waals surface area contributed by atoms with Crippen LogP contribution in [0.25, 0.3) is 0 Å². The molecule has 0 amide bonds. The molecule has 7 heteroatoms. The van der Waals surface area contributed by atoms with Crippen molar-refractivity contribution >= 4 is 11.5 Å². The molecule has 3 rings (SSSR count). The van der Waals surface area contributed by atoms with Gasteiger partial charge in [-0.1, -0.05) is 6.07 Å². The van der Waals surface area contributed by atoms with E-state index in [4.69, 9.17) is 0 Å². The van der Waals surface area contributed by atoms with Gasteiger partial charge in [0.2, 0.25) is 0 Å². The summed E-state index contributed by atoms with van der Waals surface area (Å²) in [4.78, 5) is 22.8. The molecule has 1 saturated heterocycles. The van der Waals surface area contributed by atoms with Gasteiger partial charge in [0.25, 0.3) is 5.56 Å². The topological polar surface area (TPSA) is 57.5 Å². The van der Waals surface area contributed by atoms with Crippen LogP contribution < -0.4 is 15.4 Å². The number of nitrogens with zero attached hydrogens (tertiary/aromatic N) is 6. The van der Waals surface area contributed by atoms with Crippen molar-refractivity contribution in [2.75, 3.05) is 50.1 Å². The van der Waals surface area contributed by atoms with Crippen LogP contribution in [0, 0.1) is 0 Å². The van der Waals surface area contributed by atoms with Gasteiger partial charge < -0.3 is 9.80 Å². The average molecular weight is 328 g/mol. The molecule has 0 aliphatic carbocycles. The van der Waals surface area contributed by atoms with Crippen molar-refractivity contribution in [3.63, 3.8) is 0 Å². The zero-order valence-electron chi connectivity index (χ0n) is 14.5. The quantitative estimate of drug-likeness (QED) is 0.818. The van der Waals surface area contributed by atoms with Crippen molar-refractivity contribution in [1.29, 1.82) is 0 Å². The van der Waals surface area contributed by atoms with Crippen molar-refractivity contribution in [3.05, 3.63) is 46.5 Å². The van der Waals surface area contributed by atoms with Crippen LogP contribution in [0.5, 0.6) is 0 Å². The second-order valence-corrected chi connectivity index (χ2v) is 6.36. The first-order valence-corrected chi connectivity index (χ1v) is 8.16. The first-order chi connectivity index (χ1) is 11.5. The predicted octanol–water partition coefficient (Wildman–Crippen LogP) is 0.564. The summed E-state index contributed by atoms with van der Waals surface area (Å²) in [6.45, 7) is 4.63. The molecule has 0 atom stereocenters. The number of anilines is 2. The average Bonchev–Trinajstić information content (AvgIpc) is 2.58. The molecule has 1 fully saturated rings. The Labute approximate surface area is 142 Å². The molecule has 1 aliphatic heterocycles. The maximum absolute atomic E-state index is 11.7. The lowest BCUT2D eigenvalue weighted by atomic mass is 10.2. The lowest BCUT2D eigenvalue weighted by Gasteiger charge is -2.35. The van der Waals surface area contributed by atoms with E-state index >= 15 is 0 Å². The first-order valence-electron chi connectivity index (χ1n) is 8.16. The van der Waals surface area contributed by atoms with Gasteiger partial charge in [-0.25, -0.2) is 9.67 Å².